The largest absolute Gasteiger partial charge is 0.495 e. The van der Waals surface area contributed by atoms with E-state index in [0.717, 1.165) is 5.69 Å². The molecule has 2 aromatic carbocycles. The maximum absolute atomic E-state index is 12.0. The minimum atomic E-state index is -0.224. The van der Waals surface area contributed by atoms with Gasteiger partial charge < -0.3 is 25.4 Å². The summed E-state index contributed by atoms with van der Waals surface area (Å²) in [4.78, 5) is 24.0. The highest BCUT2D eigenvalue weighted by Gasteiger charge is 2.07. The third-order valence-electron chi connectivity index (χ3n) is 3.63. The van der Waals surface area contributed by atoms with Crippen molar-refractivity contribution in [2.45, 2.75) is 0 Å². The molecule has 0 saturated heterocycles. The molecule has 8 heteroatoms. The van der Waals surface area contributed by atoms with Crippen molar-refractivity contribution in [2.75, 3.05) is 44.5 Å². The lowest BCUT2D eigenvalue weighted by Crippen LogP contribution is -2.26. The molecule has 0 heterocycles. The molecule has 2 amide bonds. The van der Waals surface area contributed by atoms with Crippen LogP contribution in [0, 0.1) is 0 Å². The Balaban J connectivity index is 1.82. The second-order valence-corrected chi connectivity index (χ2v) is 5.98. The lowest BCUT2D eigenvalue weighted by molar-refractivity contribution is -0.114. The van der Waals surface area contributed by atoms with Gasteiger partial charge in [-0.05, 0) is 42.5 Å². The van der Waals surface area contributed by atoms with Crippen LogP contribution in [0.3, 0.4) is 0 Å². The van der Waals surface area contributed by atoms with Crippen molar-refractivity contribution in [2.24, 2.45) is 0 Å². The summed E-state index contributed by atoms with van der Waals surface area (Å²) in [7, 11) is 3.10. The van der Waals surface area contributed by atoms with Crippen LogP contribution in [0.2, 0.25) is 5.02 Å². The first-order chi connectivity index (χ1) is 13.0. The molecule has 2 aromatic rings. The standard InChI is InChI=1S/C19H22ClN3O4/c1-26-10-9-21-19(25)13-3-5-14(6-4-13)22-12-18(24)23-15-7-8-17(27-2)16(20)11-15/h3-8,11,22H,9-10,12H2,1-2H3,(H,21,25)(H,23,24). The van der Waals surface area contributed by atoms with Gasteiger partial charge in [-0.15, -0.1) is 0 Å². The first-order valence-electron chi connectivity index (χ1n) is 8.28. The van der Waals surface area contributed by atoms with Crippen molar-refractivity contribution in [1.82, 2.24) is 5.32 Å². The van der Waals surface area contributed by atoms with Gasteiger partial charge in [0.05, 0.1) is 25.3 Å². The van der Waals surface area contributed by atoms with Crippen LogP contribution in [0.15, 0.2) is 42.5 Å². The van der Waals surface area contributed by atoms with Crippen LogP contribution in [0.1, 0.15) is 10.4 Å². The second-order valence-electron chi connectivity index (χ2n) is 5.58. The van der Waals surface area contributed by atoms with Crippen LogP contribution in [-0.4, -0.2) is 45.7 Å². The Morgan fingerprint density at radius 1 is 1.04 bits per heavy atom. The Morgan fingerprint density at radius 3 is 2.37 bits per heavy atom. The number of halogens is 1. The predicted molar refractivity (Wildman–Crippen MR) is 106 cm³/mol. The van der Waals surface area contributed by atoms with Gasteiger partial charge in [0, 0.05) is 30.6 Å². The zero-order valence-electron chi connectivity index (χ0n) is 15.2. The van der Waals surface area contributed by atoms with Crippen LogP contribution >= 0.6 is 11.6 Å². The Morgan fingerprint density at radius 2 is 1.74 bits per heavy atom. The number of benzene rings is 2. The normalized spacial score (nSPS) is 10.2. The topological polar surface area (TPSA) is 88.7 Å². The van der Waals surface area contributed by atoms with E-state index in [4.69, 9.17) is 21.1 Å². The van der Waals surface area contributed by atoms with E-state index in [-0.39, 0.29) is 18.4 Å². The summed E-state index contributed by atoms with van der Waals surface area (Å²) in [5.74, 6) is 0.143. The van der Waals surface area contributed by atoms with E-state index in [1.54, 1.807) is 49.6 Å². The highest BCUT2D eigenvalue weighted by Crippen LogP contribution is 2.27. The Bertz CT molecular complexity index is 781. The zero-order valence-corrected chi connectivity index (χ0v) is 15.9. The van der Waals surface area contributed by atoms with Crippen LogP contribution < -0.4 is 20.7 Å². The second kappa shape index (κ2) is 10.4. The van der Waals surface area contributed by atoms with Crippen LogP contribution in [-0.2, 0) is 9.53 Å². The average Bonchev–Trinajstić information content (AvgIpc) is 2.67. The quantitative estimate of drug-likeness (QED) is 0.572. The van der Waals surface area contributed by atoms with E-state index >= 15 is 0 Å². The third kappa shape index (κ3) is 6.47. The van der Waals surface area contributed by atoms with E-state index in [1.165, 1.54) is 7.11 Å². The Hall–Kier alpha value is -2.77. The van der Waals surface area contributed by atoms with E-state index < -0.39 is 0 Å². The van der Waals surface area contributed by atoms with Crippen molar-refractivity contribution in [3.63, 3.8) is 0 Å². The molecule has 27 heavy (non-hydrogen) atoms. The van der Waals surface area contributed by atoms with Gasteiger partial charge in [0.2, 0.25) is 5.91 Å². The first-order valence-corrected chi connectivity index (χ1v) is 8.65. The van der Waals surface area contributed by atoms with E-state index in [9.17, 15) is 9.59 Å². The third-order valence-corrected chi connectivity index (χ3v) is 3.92. The molecular formula is C19H22ClN3O4. The Labute approximate surface area is 163 Å². The molecule has 0 radical (unpaired) electrons. The van der Waals surface area contributed by atoms with Gasteiger partial charge in [-0.1, -0.05) is 11.6 Å². The fraction of sp³-hybridized carbons (Fsp3) is 0.263. The number of ether oxygens (including phenoxy) is 2. The zero-order chi connectivity index (χ0) is 19.6. The molecule has 3 N–H and O–H groups in total. The number of methoxy groups -OCH3 is 2. The van der Waals surface area contributed by atoms with Crippen molar-refractivity contribution in [3.05, 3.63) is 53.1 Å². The van der Waals surface area contributed by atoms with Crippen LogP contribution in [0.25, 0.3) is 0 Å². The summed E-state index contributed by atoms with van der Waals surface area (Å²) >= 11 is 6.03. The fourth-order valence-corrected chi connectivity index (χ4v) is 2.50. The molecule has 0 bridgehead atoms. The molecular weight excluding hydrogens is 370 g/mol. The molecule has 7 nitrogen and oxygen atoms in total. The predicted octanol–water partition coefficient (Wildman–Crippen LogP) is 2.78. The number of carbonyl (C=O) groups excluding carboxylic acids is 2. The molecule has 0 unspecified atom stereocenters. The Kier molecular flexibility index (Phi) is 7.91. The molecule has 0 atom stereocenters. The molecule has 0 aromatic heterocycles. The summed E-state index contributed by atoms with van der Waals surface area (Å²) in [6, 6.07) is 11.9. The molecule has 0 aliphatic carbocycles. The number of nitrogens with one attached hydrogen (secondary N) is 3. The first kappa shape index (κ1) is 20.5. The molecule has 0 fully saturated rings. The number of carbonyl (C=O) groups is 2. The van der Waals surface area contributed by atoms with E-state index in [1.807, 2.05) is 0 Å². The molecule has 0 spiro atoms. The van der Waals surface area contributed by atoms with Crippen molar-refractivity contribution in [3.8, 4) is 5.75 Å². The van der Waals surface area contributed by atoms with Gasteiger partial charge >= 0.3 is 0 Å². The molecule has 144 valence electrons. The van der Waals surface area contributed by atoms with E-state index in [0.29, 0.717) is 35.2 Å². The van der Waals surface area contributed by atoms with Gasteiger partial charge in [0.15, 0.2) is 0 Å². The summed E-state index contributed by atoms with van der Waals surface area (Å²) < 4.78 is 9.96. The number of amides is 2. The van der Waals surface area contributed by atoms with Crippen molar-refractivity contribution in [1.29, 1.82) is 0 Å². The number of rotatable bonds is 9. The fourth-order valence-electron chi connectivity index (χ4n) is 2.24. The van der Waals surface area contributed by atoms with Gasteiger partial charge in [-0.25, -0.2) is 0 Å². The SMILES string of the molecule is COCCNC(=O)c1ccc(NCC(=O)Nc2ccc(OC)c(Cl)c2)cc1. The summed E-state index contributed by atoms with van der Waals surface area (Å²) in [6.45, 7) is 0.980. The van der Waals surface area contributed by atoms with Crippen LogP contribution in [0.5, 0.6) is 5.75 Å². The molecule has 0 saturated carbocycles. The summed E-state index contributed by atoms with van der Waals surface area (Å²) in [5, 5.41) is 8.90. The summed E-state index contributed by atoms with van der Waals surface area (Å²) in [6.07, 6.45) is 0. The van der Waals surface area contributed by atoms with Gasteiger partial charge in [-0.3, -0.25) is 9.59 Å². The minimum absolute atomic E-state index is 0.0725. The van der Waals surface area contributed by atoms with Crippen molar-refractivity contribution < 1.29 is 19.1 Å². The monoisotopic (exact) mass is 391 g/mol. The molecule has 0 aliphatic heterocycles. The smallest absolute Gasteiger partial charge is 0.251 e. The van der Waals surface area contributed by atoms with Crippen molar-refractivity contribution >= 4 is 34.8 Å². The minimum Gasteiger partial charge on any atom is -0.495 e. The highest BCUT2D eigenvalue weighted by molar-refractivity contribution is 6.32. The summed E-state index contributed by atoms with van der Waals surface area (Å²) in [5.41, 5.74) is 1.84. The van der Waals surface area contributed by atoms with E-state index in [2.05, 4.69) is 16.0 Å². The van der Waals surface area contributed by atoms with Gasteiger partial charge in [-0.2, -0.15) is 0 Å². The van der Waals surface area contributed by atoms with Gasteiger partial charge in [0.25, 0.3) is 5.91 Å². The van der Waals surface area contributed by atoms with Gasteiger partial charge in [0.1, 0.15) is 5.75 Å². The molecule has 2 rings (SSSR count). The average molecular weight is 392 g/mol. The maximum atomic E-state index is 12.0. The lowest BCUT2D eigenvalue weighted by atomic mass is 10.2. The molecule has 0 aliphatic rings. The highest BCUT2D eigenvalue weighted by atomic mass is 35.5. The number of hydrogen-bond acceptors (Lipinski definition) is 5. The lowest BCUT2D eigenvalue weighted by Gasteiger charge is -2.10. The van der Waals surface area contributed by atoms with Crippen LogP contribution in [0.4, 0.5) is 11.4 Å². The number of anilines is 2. The maximum Gasteiger partial charge on any atom is 0.251 e. The number of hydrogen-bond donors (Lipinski definition) is 3.